The SMILES string of the molecule is [C-]#[N+]CCOP(C)O[C@@H]1[C@H]2CO[C@]1(CC)CC2=C. The van der Waals surface area contributed by atoms with Crippen molar-refractivity contribution in [2.75, 3.05) is 26.4 Å². The zero-order chi connectivity index (χ0) is 13.2. The van der Waals surface area contributed by atoms with Crippen molar-refractivity contribution >= 4 is 8.38 Å². The summed E-state index contributed by atoms with van der Waals surface area (Å²) in [5, 5.41) is 0. The summed E-state index contributed by atoms with van der Waals surface area (Å²) in [7, 11) is -0.937. The molecule has 4 atom stereocenters. The number of nitrogens with zero attached hydrogens (tertiary/aromatic N) is 1. The van der Waals surface area contributed by atoms with Crippen LogP contribution in [0.5, 0.6) is 0 Å². The summed E-state index contributed by atoms with van der Waals surface area (Å²) in [6.45, 7) is 16.5. The lowest BCUT2D eigenvalue weighted by Gasteiger charge is -2.30. The molecule has 0 aromatic rings. The fourth-order valence-corrected chi connectivity index (χ4v) is 3.85. The highest BCUT2D eigenvalue weighted by Gasteiger charge is 2.57. The first-order valence-electron chi connectivity index (χ1n) is 6.31. The first kappa shape index (κ1) is 14.0. The molecule has 4 nitrogen and oxygen atoms in total. The monoisotopic (exact) mass is 269 g/mol. The fourth-order valence-electron chi connectivity index (χ4n) is 2.79. The van der Waals surface area contributed by atoms with Crippen LogP contribution >= 0.6 is 8.38 Å². The van der Waals surface area contributed by atoms with Gasteiger partial charge in [0.2, 0.25) is 6.54 Å². The minimum atomic E-state index is -0.937. The molecule has 0 N–H and O–H groups in total. The minimum absolute atomic E-state index is 0.0825. The van der Waals surface area contributed by atoms with Gasteiger partial charge >= 0.3 is 0 Å². The molecule has 2 aliphatic rings. The van der Waals surface area contributed by atoms with Crippen molar-refractivity contribution < 1.29 is 13.8 Å². The molecular weight excluding hydrogens is 249 g/mol. The van der Waals surface area contributed by atoms with Gasteiger partial charge in [-0.15, -0.1) is 0 Å². The van der Waals surface area contributed by atoms with Crippen LogP contribution in [-0.4, -0.2) is 38.1 Å². The van der Waals surface area contributed by atoms with E-state index in [1.54, 1.807) is 0 Å². The Morgan fingerprint density at radius 2 is 2.44 bits per heavy atom. The molecule has 1 unspecified atom stereocenters. The molecule has 2 rings (SSSR count). The van der Waals surface area contributed by atoms with Gasteiger partial charge in [-0.3, -0.25) is 0 Å². The largest absolute Gasteiger partial charge is 0.371 e. The second-order valence-corrected chi connectivity index (χ2v) is 6.20. The second kappa shape index (κ2) is 5.67. The highest BCUT2D eigenvalue weighted by molar-refractivity contribution is 7.46. The van der Waals surface area contributed by atoms with E-state index in [4.69, 9.17) is 20.4 Å². The van der Waals surface area contributed by atoms with Crippen LogP contribution in [-0.2, 0) is 13.8 Å². The zero-order valence-corrected chi connectivity index (χ0v) is 11.9. The van der Waals surface area contributed by atoms with E-state index < -0.39 is 8.38 Å². The van der Waals surface area contributed by atoms with Gasteiger partial charge in [-0.25, -0.2) is 6.57 Å². The minimum Gasteiger partial charge on any atom is -0.371 e. The molecule has 5 heteroatoms. The maximum atomic E-state index is 6.71. The van der Waals surface area contributed by atoms with Crippen LogP contribution in [0.1, 0.15) is 19.8 Å². The van der Waals surface area contributed by atoms with Crippen molar-refractivity contribution in [3.63, 3.8) is 0 Å². The molecule has 0 aromatic carbocycles. The van der Waals surface area contributed by atoms with Crippen LogP contribution in [0.15, 0.2) is 12.2 Å². The summed E-state index contributed by atoms with van der Waals surface area (Å²) in [4.78, 5) is 3.26. The Hall–Kier alpha value is -0.460. The van der Waals surface area contributed by atoms with Gasteiger partial charge in [0.15, 0.2) is 8.38 Å². The fraction of sp³-hybridized carbons (Fsp3) is 0.769. The van der Waals surface area contributed by atoms with Crippen LogP contribution < -0.4 is 0 Å². The summed E-state index contributed by atoms with van der Waals surface area (Å²) in [6, 6.07) is 0. The number of ether oxygens (including phenoxy) is 1. The van der Waals surface area contributed by atoms with E-state index in [0.717, 1.165) is 19.4 Å². The van der Waals surface area contributed by atoms with Crippen molar-refractivity contribution in [2.24, 2.45) is 5.92 Å². The predicted molar refractivity (Wildman–Crippen MR) is 71.4 cm³/mol. The van der Waals surface area contributed by atoms with E-state index >= 15 is 0 Å². The molecule has 1 aliphatic carbocycles. The molecule has 18 heavy (non-hydrogen) atoms. The highest BCUT2D eigenvalue weighted by atomic mass is 31.2. The molecule has 1 heterocycles. The van der Waals surface area contributed by atoms with Crippen molar-refractivity contribution in [1.82, 2.24) is 0 Å². The molecule has 100 valence electrons. The van der Waals surface area contributed by atoms with Crippen molar-refractivity contribution in [3.05, 3.63) is 23.6 Å². The molecule has 1 aliphatic heterocycles. The highest BCUT2D eigenvalue weighted by Crippen LogP contribution is 2.54. The lowest BCUT2D eigenvalue weighted by atomic mass is 9.96. The molecule has 0 radical (unpaired) electrons. The summed E-state index contributed by atoms with van der Waals surface area (Å²) < 4.78 is 17.5. The molecule has 2 fully saturated rings. The van der Waals surface area contributed by atoms with E-state index in [0.29, 0.717) is 19.1 Å². The Balaban J connectivity index is 1.93. The van der Waals surface area contributed by atoms with Crippen LogP contribution in [0.4, 0.5) is 0 Å². The van der Waals surface area contributed by atoms with Crippen molar-refractivity contribution in [3.8, 4) is 0 Å². The topological polar surface area (TPSA) is 32.0 Å². The van der Waals surface area contributed by atoms with E-state index in [1.165, 1.54) is 5.57 Å². The third-order valence-electron chi connectivity index (χ3n) is 3.82. The summed E-state index contributed by atoms with van der Waals surface area (Å²) in [6.07, 6.45) is 1.93. The van der Waals surface area contributed by atoms with Crippen molar-refractivity contribution in [2.45, 2.75) is 31.5 Å². The van der Waals surface area contributed by atoms with Gasteiger partial charge in [-0.2, -0.15) is 0 Å². The van der Waals surface area contributed by atoms with Gasteiger partial charge < -0.3 is 18.6 Å². The lowest BCUT2D eigenvalue weighted by Crippen LogP contribution is -2.36. The standard InChI is InChI=1S/C13H20NO3P/c1-5-13-8-10(2)11(9-15-13)12(13)17-18(4)16-7-6-14-3/h11-12H,2,5-9H2,1,4H3/t11-,12+,13+,18?/m0/s1. The van der Waals surface area contributed by atoms with Crippen LogP contribution in [0.25, 0.3) is 4.85 Å². The summed E-state index contributed by atoms with van der Waals surface area (Å²) >= 11 is 0. The Morgan fingerprint density at radius 1 is 1.67 bits per heavy atom. The third kappa shape index (κ3) is 2.46. The molecule has 0 spiro atoms. The Morgan fingerprint density at radius 3 is 3.06 bits per heavy atom. The summed E-state index contributed by atoms with van der Waals surface area (Å²) in [5.41, 5.74) is 1.07. The number of rotatable bonds is 6. The van der Waals surface area contributed by atoms with E-state index in [-0.39, 0.29) is 11.7 Å². The molecule has 1 saturated heterocycles. The van der Waals surface area contributed by atoms with Crippen LogP contribution in [0, 0.1) is 12.5 Å². The lowest BCUT2D eigenvalue weighted by molar-refractivity contribution is -0.0466. The van der Waals surface area contributed by atoms with E-state index in [1.807, 2.05) is 6.66 Å². The molecular formula is C13H20NO3P. The molecule has 1 saturated carbocycles. The van der Waals surface area contributed by atoms with Crippen LogP contribution in [0.3, 0.4) is 0 Å². The Bertz CT molecular complexity index is 368. The maximum absolute atomic E-state index is 6.71. The van der Waals surface area contributed by atoms with Gasteiger partial charge in [0.1, 0.15) is 12.7 Å². The number of hydrogen-bond acceptors (Lipinski definition) is 3. The predicted octanol–water partition coefficient (Wildman–Crippen LogP) is 3.00. The Kier molecular flexibility index (Phi) is 4.40. The third-order valence-corrected chi connectivity index (χ3v) is 4.89. The van der Waals surface area contributed by atoms with Gasteiger partial charge in [0.25, 0.3) is 0 Å². The van der Waals surface area contributed by atoms with Gasteiger partial charge in [0.05, 0.1) is 12.2 Å². The van der Waals surface area contributed by atoms with Gasteiger partial charge in [0, 0.05) is 19.0 Å². The van der Waals surface area contributed by atoms with Gasteiger partial charge in [-0.1, -0.05) is 19.1 Å². The molecule has 2 bridgehead atoms. The van der Waals surface area contributed by atoms with Gasteiger partial charge in [-0.05, 0) is 6.42 Å². The molecule has 0 aromatic heterocycles. The first-order chi connectivity index (χ1) is 8.63. The summed E-state index contributed by atoms with van der Waals surface area (Å²) in [5.74, 6) is 0.319. The zero-order valence-electron chi connectivity index (χ0n) is 11.0. The smallest absolute Gasteiger partial charge is 0.238 e. The molecule has 0 amide bonds. The normalized spacial score (nSPS) is 35.7. The van der Waals surface area contributed by atoms with E-state index in [9.17, 15) is 0 Å². The maximum Gasteiger partial charge on any atom is 0.238 e. The average Bonchev–Trinajstić information content (AvgIpc) is 2.81. The Labute approximate surface area is 110 Å². The number of hydrogen-bond donors (Lipinski definition) is 0. The average molecular weight is 269 g/mol. The van der Waals surface area contributed by atoms with E-state index in [2.05, 4.69) is 18.3 Å². The van der Waals surface area contributed by atoms with Crippen LogP contribution in [0.2, 0.25) is 0 Å². The first-order valence-corrected chi connectivity index (χ1v) is 7.93. The van der Waals surface area contributed by atoms with Crippen molar-refractivity contribution in [1.29, 1.82) is 0 Å². The number of fused-ring (bicyclic) bond motifs is 2. The quantitative estimate of drug-likeness (QED) is 0.321. The second-order valence-electron chi connectivity index (χ2n) is 4.85.